The predicted octanol–water partition coefficient (Wildman–Crippen LogP) is 7.40. The van der Waals surface area contributed by atoms with E-state index < -0.39 is 5.97 Å². The average Bonchev–Trinajstić information content (AvgIpc) is 3.34. The summed E-state index contributed by atoms with van der Waals surface area (Å²) in [6, 6.07) is 29.0. The van der Waals surface area contributed by atoms with E-state index in [0.717, 1.165) is 38.6 Å². The maximum atomic E-state index is 13.2. The molecule has 1 amide bonds. The Bertz CT molecular complexity index is 1690. The van der Waals surface area contributed by atoms with Gasteiger partial charge in [-0.05, 0) is 64.6 Å². The molecule has 1 heterocycles. The number of carbonyl (C=O) groups is 2. The topological polar surface area (TPSA) is 84.2 Å². The van der Waals surface area contributed by atoms with Crippen molar-refractivity contribution < 1.29 is 14.7 Å². The van der Waals surface area contributed by atoms with Crippen molar-refractivity contribution in [2.45, 2.75) is 38.4 Å². The Kier molecular flexibility index (Phi) is 8.55. The van der Waals surface area contributed by atoms with E-state index in [1.54, 1.807) is 23.9 Å². The number of nitrogens with zero attached hydrogens (tertiary/aromatic N) is 2. The molecule has 208 valence electrons. The van der Waals surface area contributed by atoms with Crippen molar-refractivity contribution in [1.82, 2.24) is 14.9 Å². The molecule has 0 radical (unpaired) electrons. The van der Waals surface area contributed by atoms with E-state index in [2.05, 4.69) is 35.9 Å². The molecule has 0 aliphatic rings. The summed E-state index contributed by atoms with van der Waals surface area (Å²) in [5.41, 5.74) is 7.46. The third-order valence-electron chi connectivity index (χ3n) is 7.25. The molecular weight excluding hydrogens is 530 g/mol. The van der Waals surface area contributed by atoms with Crippen LogP contribution in [0.4, 0.5) is 0 Å². The van der Waals surface area contributed by atoms with Crippen LogP contribution in [0.1, 0.15) is 57.2 Å². The van der Waals surface area contributed by atoms with Gasteiger partial charge in [0, 0.05) is 12.1 Å². The molecular formula is C34H33N3O3S. The SMILES string of the molecule is CCSc1nc2c(C)cc(C(=O)NC[C@@H](C)c3ccccc3)cc2n1Cc1ccc(-c2ccccc2C(=O)O)cc1. The molecule has 4 aromatic carbocycles. The van der Waals surface area contributed by atoms with Gasteiger partial charge in [-0.25, -0.2) is 9.78 Å². The molecule has 0 spiro atoms. The Morgan fingerprint density at radius 1 is 0.976 bits per heavy atom. The maximum Gasteiger partial charge on any atom is 0.336 e. The van der Waals surface area contributed by atoms with E-state index in [1.807, 2.05) is 73.7 Å². The number of amides is 1. The molecule has 41 heavy (non-hydrogen) atoms. The van der Waals surface area contributed by atoms with Crippen LogP contribution in [-0.4, -0.2) is 38.8 Å². The minimum atomic E-state index is -0.944. The number of rotatable bonds is 10. The number of thioether (sulfide) groups is 1. The molecule has 0 unspecified atom stereocenters. The fraction of sp³-hybridized carbons (Fsp3) is 0.206. The third kappa shape index (κ3) is 6.20. The second-order valence-corrected chi connectivity index (χ2v) is 11.4. The van der Waals surface area contributed by atoms with Crippen LogP contribution in [0.2, 0.25) is 0 Å². The minimum Gasteiger partial charge on any atom is -0.478 e. The molecule has 0 aliphatic carbocycles. The normalized spacial score (nSPS) is 11.9. The molecule has 7 heteroatoms. The molecule has 0 saturated heterocycles. The number of aryl methyl sites for hydroxylation is 1. The first-order chi connectivity index (χ1) is 19.9. The van der Waals surface area contributed by atoms with Gasteiger partial charge in [0.25, 0.3) is 5.91 Å². The third-order valence-corrected chi connectivity index (χ3v) is 8.10. The average molecular weight is 564 g/mol. The smallest absolute Gasteiger partial charge is 0.336 e. The lowest BCUT2D eigenvalue weighted by Crippen LogP contribution is -2.27. The second kappa shape index (κ2) is 12.4. The number of aromatic carboxylic acids is 1. The number of fused-ring (bicyclic) bond motifs is 1. The zero-order chi connectivity index (χ0) is 28.9. The van der Waals surface area contributed by atoms with Crippen molar-refractivity contribution in [2.75, 3.05) is 12.3 Å². The molecule has 6 nitrogen and oxygen atoms in total. The van der Waals surface area contributed by atoms with Crippen LogP contribution in [0.15, 0.2) is 96.2 Å². The highest BCUT2D eigenvalue weighted by Crippen LogP contribution is 2.30. The lowest BCUT2D eigenvalue weighted by atomic mass is 9.99. The van der Waals surface area contributed by atoms with Crippen LogP contribution < -0.4 is 5.32 Å². The van der Waals surface area contributed by atoms with Gasteiger partial charge in [-0.15, -0.1) is 0 Å². The van der Waals surface area contributed by atoms with Gasteiger partial charge >= 0.3 is 5.97 Å². The van der Waals surface area contributed by atoms with Gasteiger partial charge in [0.1, 0.15) is 0 Å². The van der Waals surface area contributed by atoms with E-state index >= 15 is 0 Å². The number of carbonyl (C=O) groups excluding carboxylic acids is 1. The van der Waals surface area contributed by atoms with Gasteiger partial charge in [-0.3, -0.25) is 4.79 Å². The number of hydrogen-bond donors (Lipinski definition) is 2. The number of aromatic nitrogens is 2. The van der Waals surface area contributed by atoms with Crippen LogP contribution in [0.25, 0.3) is 22.2 Å². The number of hydrogen-bond acceptors (Lipinski definition) is 4. The van der Waals surface area contributed by atoms with Gasteiger partial charge in [0.2, 0.25) is 0 Å². The Hall–Kier alpha value is -4.36. The number of nitrogens with one attached hydrogen (secondary N) is 1. The fourth-order valence-electron chi connectivity index (χ4n) is 5.04. The number of benzene rings is 4. The number of carboxylic acids is 1. The van der Waals surface area contributed by atoms with Crippen molar-refractivity contribution in [2.24, 2.45) is 0 Å². The maximum absolute atomic E-state index is 13.2. The van der Waals surface area contributed by atoms with E-state index in [4.69, 9.17) is 4.98 Å². The highest BCUT2D eigenvalue weighted by Gasteiger charge is 2.18. The fourth-order valence-corrected chi connectivity index (χ4v) is 5.77. The van der Waals surface area contributed by atoms with Gasteiger partial charge in [-0.1, -0.05) is 98.4 Å². The van der Waals surface area contributed by atoms with Crippen molar-refractivity contribution in [1.29, 1.82) is 0 Å². The summed E-state index contributed by atoms with van der Waals surface area (Å²) < 4.78 is 2.17. The highest BCUT2D eigenvalue weighted by atomic mass is 32.2. The van der Waals surface area contributed by atoms with E-state index in [0.29, 0.717) is 24.2 Å². The Balaban J connectivity index is 1.42. The summed E-state index contributed by atoms with van der Waals surface area (Å²) in [6.07, 6.45) is 0. The summed E-state index contributed by atoms with van der Waals surface area (Å²) in [7, 11) is 0. The molecule has 2 N–H and O–H groups in total. The van der Waals surface area contributed by atoms with Crippen LogP contribution in [0, 0.1) is 6.92 Å². The van der Waals surface area contributed by atoms with E-state index in [1.165, 1.54) is 5.56 Å². The number of carboxylic acid groups (broad SMARTS) is 1. The Morgan fingerprint density at radius 2 is 1.68 bits per heavy atom. The molecule has 0 fully saturated rings. The van der Waals surface area contributed by atoms with Gasteiger partial charge in [0.15, 0.2) is 5.16 Å². The monoisotopic (exact) mass is 563 g/mol. The summed E-state index contributed by atoms with van der Waals surface area (Å²) >= 11 is 1.67. The molecule has 0 aliphatic heterocycles. The van der Waals surface area contributed by atoms with Crippen LogP contribution in [0.3, 0.4) is 0 Å². The Labute approximate surface area is 244 Å². The van der Waals surface area contributed by atoms with Crippen molar-refractivity contribution in [3.05, 3.63) is 119 Å². The van der Waals surface area contributed by atoms with Gasteiger partial charge in [-0.2, -0.15) is 0 Å². The quantitative estimate of drug-likeness (QED) is 0.173. The van der Waals surface area contributed by atoms with Crippen molar-refractivity contribution in [3.8, 4) is 11.1 Å². The van der Waals surface area contributed by atoms with Crippen molar-refractivity contribution >= 4 is 34.7 Å². The summed E-state index contributed by atoms with van der Waals surface area (Å²) in [4.78, 5) is 29.9. The molecule has 1 atom stereocenters. The molecule has 5 aromatic rings. The van der Waals surface area contributed by atoms with Gasteiger partial charge in [0.05, 0.1) is 23.1 Å². The minimum absolute atomic E-state index is 0.100. The first-order valence-corrected chi connectivity index (χ1v) is 14.7. The lowest BCUT2D eigenvalue weighted by molar-refractivity contribution is 0.0697. The van der Waals surface area contributed by atoms with Crippen molar-refractivity contribution in [3.63, 3.8) is 0 Å². The molecule has 5 rings (SSSR count). The predicted molar refractivity (Wildman–Crippen MR) is 166 cm³/mol. The van der Waals surface area contributed by atoms with E-state index in [-0.39, 0.29) is 17.4 Å². The highest BCUT2D eigenvalue weighted by molar-refractivity contribution is 7.99. The zero-order valence-electron chi connectivity index (χ0n) is 23.4. The first-order valence-electron chi connectivity index (χ1n) is 13.7. The summed E-state index contributed by atoms with van der Waals surface area (Å²) in [5, 5.41) is 13.6. The summed E-state index contributed by atoms with van der Waals surface area (Å²) in [6.45, 7) is 7.34. The molecule has 0 saturated carbocycles. The van der Waals surface area contributed by atoms with Crippen LogP contribution >= 0.6 is 11.8 Å². The zero-order valence-corrected chi connectivity index (χ0v) is 24.2. The van der Waals surface area contributed by atoms with Crippen LogP contribution in [0.5, 0.6) is 0 Å². The lowest BCUT2D eigenvalue weighted by Gasteiger charge is -2.14. The largest absolute Gasteiger partial charge is 0.478 e. The number of imidazole rings is 1. The van der Waals surface area contributed by atoms with Crippen LogP contribution in [-0.2, 0) is 6.54 Å². The molecule has 1 aromatic heterocycles. The summed E-state index contributed by atoms with van der Waals surface area (Å²) in [5.74, 6) is 0.0311. The Morgan fingerprint density at radius 3 is 2.39 bits per heavy atom. The second-order valence-electron chi connectivity index (χ2n) is 10.1. The standard InChI is InChI=1S/C34H33N3O3S/c1-4-41-34-36-31-22(2)18-27(32(38)35-20-23(3)25-10-6-5-7-11-25)19-30(31)37(34)21-24-14-16-26(17-15-24)28-12-8-9-13-29(28)33(39)40/h5-19,23H,4,20-21H2,1-3H3,(H,35,38)(H,39,40)/t23-/m1/s1. The molecule has 0 bridgehead atoms. The first kappa shape index (κ1) is 28.2. The van der Waals surface area contributed by atoms with E-state index in [9.17, 15) is 14.7 Å². The van der Waals surface area contributed by atoms with Gasteiger partial charge < -0.3 is 15.0 Å².